The molecule has 2 atom stereocenters. The van der Waals surface area contributed by atoms with Crippen LogP contribution in [-0.4, -0.2) is 53.6 Å². The molecule has 2 unspecified atom stereocenters. The lowest BCUT2D eigenvalue weighted by atomic mass is 9.93. The second-order valence-electron chi connectivity index (χ2n) is 6.17. The van der Waals surface area contributed by atoms with Gasteiger partial charge >= 0.3 is 0 Å². The van der Waals surface area contributed by atoms with Crippen molar-refractivity contribution >= 4 is 17.3 Å². The largest absolute Gasteiger partial charge is 0.382 e. The number of aryl methyl sites for hydroxylation is 1. The second-order valence-corrected chi connectivity index (χ2v) is 6.55. The monoisotopic (exact) mass is 342 g/mol. The third-order valence-corrected chi connectivity index (χ3v) is 4.74. The fraction of sp³-hybridized carbons (Fsp3) is 0.750. The van der Waals surface area contributed by atoms with E-state index in [-0.39, 0.29) is 10.6 Å². The Morgan fingerprint density at radius 2 is 2.30 bits per heavy atom. The quantitative estimate of drug-likeness (QED) is 0.768. The molecule has 1 aromatic rings. The van der Waals surface area contributed by atoms with Crippen molar-refractivity contribution in [3.8, 4) is 0 Å². The van der Waals surface area contributed by atoms with Crippen molar-refractivity contribution in [3.63, 3.8) is 0 Å². The topological polar surface area (TPSA) is 59.4 Å². The van der Waals surface area contributed by atoms with Crippen LogP contribution in [0.4, 0.5) is 5.69 Å². The molecule has 1 saturated heterocycles. The number of nitrogens with one attached hydrogen (secondary N) is 1. The standard InChI is InChI=1S/C16H27ClN4O2/c1-4-23-9-5-7-21-8-6-13(12(2)11-21)19-14-10-18-20(3)16(22)15(14)17/h10,12-13,19H,4-9,11H2,1-3H3. The van der Waals surface area contributed by atoms with E-state index in [4.69, 9.17) is 16.3 Å². The number of likely N-dealkylation sites (tertiary alicyclic amines) is 1. The van der Waals surface area contributed by atoms with Crippen LogP contribution in [0.1, 0.15) is 26.7 Å². The molecule has 0 bridgehead atoms. The van der Waals surface area contributed by atoms with Crippen LogP contribution in [0.5, 0.6) is 0 Å². The first-order valence-corrected chi connectivity index (χ1v) is 8.69. The summed E-state index contributed by atoms with van der Waals surface area (Å²) in [7, 11) is 1.60. The predicted molar refractivity (Wildman–Crippen MR) is 93.2 cm³/mol. The van der Waals surface area contributed by atoms with Crippen molar-refractivity contribution < 1.29 is 4.74 Å². The van der Waals surface area contributed by atoms with Crippen molar-refractivity contribution in [2.45, 2.75) is 32.7 Å². The highest BCUT2D eigenvalue weighted by molar-refractivity contribution is 6.32. The van der Waals surface area contributed by atoms with E-state index in [0.717, 1.165) is 45.7 Å². The zero-order valence-electron chi connectivity index (χ0n) is 14.2. The summed E-state index contributed by atoms with van der Waals surface area (Å²) in [5.41, 5.74) is 0.370. The maximum Gasteiger partial charge on any atom is 0.287 e. The van der Waals surface area contributed by atoms with Crippen molar-refractivity contribution in [2.24, 2.45) is 13.0 Å². The normalized spacial score (nSPS) is 22.3. The van der Waals surface area contributed by atoms with Crippen molar-refractivity contribution in [3.05, 3.63) is 21.6 Å². The van der Waals surface area contributed by atoms with Gasteiger partial charge in [0.1, 0.15) is 5.02 Å². The molecule has 1 aliphatic heterocycles. The molecule has 0 aliphatic carbocycles. The molecule has 1 N–H and O–H groups in total. The highest BCUT2D eigenvalue weighted by Crippen LogP contribution is 2.23. The van der Waals surface area contributed by atoms with Crippen LogP contribution in [0.15, 0.2) is 11.0 Å². The molecule has 0 amide bonds. The minimum Gasteiger partial charge on any atom is -0.382 e. The van der Waals surface area contributed by atoms with E-state index in [2.05, 4.69) is 22.2 Å². The number of hydrogen-bond acceptors (Lipinski definition) is 5. The van der Waals surface area contributed by atoms with Gasteiger partial charge in [-0.15, -0.1) is 0 Å². The van der Waals surface area contributed by atoms with E-state index in [0.29, 0.717) is 17.6 Å². The van der Waals surface area contributed by atoms with Crippen molar-refractivity contribution in [2.75, 3.05) is 38.2 Å². The highest BCUT2D eigenvalue weighted by Gasteiger charge is 2.26. The summed E-state index contributed by atoms with van der Waals surface area (Å²) in [5.74, 6) is 0.482. The van der Waals surface area contributed by atoms with Gasteiger partial charge < -0.3 is 15.0 Å². The molecule has 1 aromatic heterocycles. The third-order valence-electron chi connectivity index (χ3n) is 4.38. The Kier molecular flexibility index (Phi) is 6.87. The van der Waals surface area contributed by atoms with E-state index < -0.39 is 0 Å². The van der Waals surface area contributed by atoms with Crippen LogP contribution in [-0.2, 0) is 11.8 Å². The van der Waals surface area contributed by atoms with Crippen LogP contribution in [0, 0.1) is 5.92 Å². The Morgan fingerprint density at radius 3 is 3.00 bits per heavy atom. The smallest absolute Gasteiger partial charge is 0.287 e. The SMILES string of the molecule is CCOCCCN1CCC(Nc2cnn(C)c(=O)c2Cl)C(C)C1. The Labute approximate surface area is 142 Å². The summed E-state index contributed by atoms with van der Waals surface area (Å²) in [6, 6.07) is 0.310. The average Bonchev–Trinajstić information content (AvgIpc) is 2.54. The summed E-state index contributed by atoms with van der Waals surface area (Å²) in [4.78, 5) is 14.3. The maximum absolute atomic E-state index is 11.8. The van der Waals surface area contributed by atoms with Gasteiger partial charge in [-0.25, -0.2) is 4.68 Å². The molecule has 2 rings (SSSR count). The summed E-state index contributed by atoms with van der Waals surface area (Å²) < 4.78 is 6.64. The van der Waals surface area contributed by atoms with Gasteiger partial charge in [-0.05, 0) is 25.7 Å². The Balaban J connectivity index is 1.87. The van der Waals surface area contributed by atoms with Gasteiger partial charge in [0.05, 0.1) is 11.9 Å². The van der Waals surface area contributed by atoms with Gasteiger partial charge in [-0.2, -0.15) is 5.10 Å². The van der Waals surface area contributed by atoms with Crippen molar-refractivity contribution in [1.82, 2.24) is 14.7 Å². The van der Waals surface area contributed by atoms with E-state index in [1.165, 1.54) is 4.68 Å². The Bertz CT molecular complexity index is 564. The average molecular weight is 343 g/mol. The van der Waals surface area contributed by atoms with E-state index in [1.54, 1.807) is 13.2 Å². The van der Waals surface area contributed by atoms with Crippen LogP contribution in [0.25, 0.3) is 0 Å². The number of hydrogen-bond donors (Lipinski definition) is 1. The number of rotatable bonds is 7. The number of nitrogens with zero attached hydrogens (tertiary/aromatic N) is 3. The van der Waals surface area contributed by atoms with E-state index in [1.807, 2.05) is 6.92 Å². The number of ether oxygens (including phenoxy) is 1. The number of aromatic nitrogens is 2. The number of halogens is 1. The molecule has 2 heterocycles. The number of anilines is 1. The van der Waals surface area contributed by atoms with Gasteiger partial charge in [0, 0.05) is 45.9 Å². The van der Waals surface area contributed by atoms with Crippen LogP contribution < -0.4 is 10.9 Å². The minimum absolute atomic E-state index is 0.217. The Hall–Kier alpha value is -1.11. The highest BCUT2D eigenvalue weighted by atomic mass is 35.5. The molecular weight excluding hydrogens is 316 g/mol. The number of piperidine rings is 1. The lowest BCUT2D eigenvalue weighted by molar-refractivity contribution is 0.117. The molecule has 7 heteroatoms. The summed E-state index contributed by atoms with van der Waals surface area (Å²) in [6.45, 7) is 9.03. The minimum atomic E-state index is -0.266. The van der Waals surface area contributed by atoms with Gasteiger partial charge in [0.2, 0.25) is 0 Å². The Morgan fingerprint density at radius 1 is 1.52 bits per heavy atom. The van der Waals surface area contributed by atoms with Crippen LogP contribution in [0.3, 0.4) is 0 Å². The summed E-state index contributed by atoms with van der Waals surface area (Å²) in [6.07, 6.45) is 3.73. The molecule has 6 nitrogen and oxygen atoms in total. The third kappa shape index (κ3) is 4.93. The molecule has 0 aromatic carbocycles. The first kappa shape index (κ1) is 18.2. The molecule has 130 valence electrons. The molecule has 1 aliphatic rings. The summed E-state index contributed by atoms with van der Waals surface area (Å²) >= 11 is 6.13. The molecule has 1 fully saturated rings. The summed E-state index contributed by atoms with van der Waals surface area (Å²) in [5, 5.41) is 7.66. The van der Waals surface area contributed by atoms with E-state index >= 15 is 0 Å². The first-order chi connectivity index (χ1) is 11.0. The van der Waals surface area contributed by atoms with E-state index in [9.17, 15) is 4.79 Å². The molecule has 23 heavy (non-hydrogen) atoms. The zero-order chi connectivity index (χ0) is 16.8. The van der Waals surface area contributed by atoms with Crippen LogP contribution >= 0.6 is 11.6 Å². The van der Waals surface area contributed by atoms with Gasteiger partial charge in [-0.3, -0.25) is 4.79 Å². The molecule has 0 spiro atoms. The lowest BCUT2D eigenvalue weighted by Crippen LogP contribution is -2.45. The zero-order valence-corrected chi connectivity index (χ0v) is 15.0. The van der Waals surface area contributed by atoms with Gasteiger partial charge in [0.15, 0.2) is 0 Å². The lowest BCUT2D eigenvalue weighted by Gasteiger charge is -2.37. The van der Waals surface area contributed by atoms with Gasteiger partial charge in [-0.1, -0.05) is 18.5 Å². The van der Waals surface area contributed by atoms with Gasteiger partial charge in [0.25, 0.3) is 5.56 Å². The fourth-order valence-electron chi connectivity index (χ4n) is 3.00. The first-order valence-electron chi connectivity index (χ1n) is 8.31. The molecular formula is C16H27ClN4O2. The second kappa shape index (κ2) is 8.66. The molecule has 0 saturated carbocycles. The van der Waals surface area contributed by atoms with Crippen molar-refractivity contribution in [1.29, 1.82) is 0 Å². The molecule has 0 radical (unpaired) electrons. The van der Waals surface area contributed by atoms with Crippen LogP contribution in [0.2, 0.25) is 5.02 Å². The predicted octanol–water partition coefficient (Wildman–Crippen LogP) is 1.98. The fourth-order valence-corrected chi connectivity index (χ4v) is 3.22. The maximum atomic E-state index is 11.8.